The van der Waals surface area contributed by atoms with Crippen LogP contribution >= 0.6 is 0 Å². The molecule has 1 fully saturated rings. The molecular weight excluding hydrogens is 282 g/mol. The van der Waals surface area contributed by atoms with Crippen LogP contribution in [0.25, 0.3) is 0 Å². The largest absolute Gasteiger partial charge is 0.362 e. The number of carbonyl (C=O) groups excluding carboxylic acids is 2. The molecule has 0 unspecified atom stereocenters. The Bertz CT molecular complexity index is 532. The maximum atomic E-state index is 12.0. The zero-order valence-electron chi connectivity index (χ0n) is 13.1. The van der Waals surface area contributed by atoms with Crippen molar-refractivity contribution in [2.24, 2.45) is 0 Å². The smallest absolute Gasteiger partial charge is 0.315 e. The van der Waals surface area contributed by atoms with E-state index in [0.29, 0.717) is 19.5 Å². The predicted octanol–water partition coefficient (Wildman–Crippen LogP) is 0.615. The van der Waals surface area contributed by atoms with E-state index in [2.05, 4.69) is 20.9 Å². The van der Waals surface area contributed by atoms with E-state index < -0.39 is 6.04 Å². The molecule has 120 valence electrons. The minimum Gasteiger partial charge on any atom is -0.362 e. The van der Waals surface area contributed by atoms with Gasteiger partial charge in [0.1, 0.15) is 11.9 Å². The molecule has 1 aliphatic heterocycles. The molecule has 0 aliphatic carbocycles. The second-order valence-electron chi connectivity index (χ2n) is 5.55. The maximum absolute atomic E-state index is 12.0. The molecular formula is C15H23N5O2. The average Bonchev–Trinajstić information content (AvgIpc) is 2.70. The van der Waals surface area contributed by atoms with E-state index in [1.54, 1.807) is 6.20 Å². The van der Waals surface area contributed by atoms with E-state index in [4.69, 9.17) is 0 Å². The van der Waals surface area contributed by atoms with Gasteiger partial charge in [-0.3, -0.25) is 4.79 Å². The Morgan fingerprint density at radius 1 is 1.45 bits per heavy atom. The Labute approximate surface area is 130 Å². The Kier molecular flexibility index (Phi) is 5.57. The van der Waals surface area contributed by atoms with Crippen LogP contribution in [0.2, 0.25) is 0 Å². The number of nitrogens with zero attached hydrogens (tertiary/aromatic N) is 2. The van der Waals surface area contributed by atoms with Crippen LogP contribution in [0.15, 0.2) is 18.3 Å². The summed E-state index contributed by atoms with van der Waals surface area (Å²) in [6, 6.07) is 2.96. The lowest BCUT2D eigenvalue weighted by atomic mass is 10.1. The lowest BCUT2D eigenvalue weighted by Crippen LogP contribution is -2.49. The van der Waals surface area contributed by atoms with E-state index in [9.17, 15) is 9.59 Å². The molecule has 1 atom stereocenters. The second-order valence-corrected chi connectivity index (χ2v) is 5.55. The Morgan fingerprint density at radius 2 is 2.27 bits per heavy atom. The number of anilines is 1. The standard InChI is InChI=1S/C15H23N5O2/c1-20(2)13-11(6-5-9-16-13)10-18-15(22)19-12-7-3-4-8-17-14(12)21/h5-6,9,12H,3-4,7-8,10H2,1-2H3,(H,17,21)(H2,18,19,22)/t12-/m0/s1. The van der Waals surface area contributed by atoms with Crippen LogP contribution in [0.5, 0.6) is 0 Å². The molecule has 7 nitrogen and oxygen atoms in total. The number of urea groups is 1. The molecule has 0 aromatic carbocycles. The molecule has 3 N–H and O–H groups in total. The van der Waals surface area contributed by atoms with Gasteiger partial charge < -0.3 is 20.9 Å². The number of amides is 3. The summed E-state index contributed by atoms with van der Waals surface area (Å²) >= 11 is 0. The molecule has 7 heteroatoms. The van der Waals surface area contributed by atoms with E-state index in [0.717, 1.165) is 24.2 Å². The second kappa shape index (κ2) is 7.63. The van der Waals surface area contributed by atoms with Gasteiger partial charge in [-0.2, -0.15) is 0 Å². The van der Waals surface area contributed by atoms with Gasteiger partial charge in [0, 0.05) is 38.9 Å². The first kappa shape index (κ1) is 16.1. The van der Waals surface area contributed by atoms with Gasteiger partial charge in [-0.05, 0) is 25.3 Å². The zero-order valence-corrected chi connectivity index (χ0v) is 13.1. The molecule has 3 amide bonds. The third-order valence-corrected chi connectivity index (χ3v) is 3.57. The van der Waals surface area contributed by atoms with Crippen molar-refractivity contribution < 1.29 is 9.59 Å². The van der Waals surface area contributed by atoms with Crippen LogP contribution in [0.4, 0.5) is 10.6 Å². The number of rotatable bonds is 4. The maximum Gasteiger partial charge on any atom is 0.315 e. The number of pyridine rings is 1. The van der Waals surface area contributed by atoms with Gasteiger partial charge in [0.2, 0.25) is 5.91 Å². The highest BCUT2D eigenvalue weighted by atomic mass is 16.2. The van der Waals surface area contributed by atoms with Crippen molar-refractivity contribution in [1.29, 1.82) is 0 Å². The average molecular weight is 305 g/mol. The van der Waals surface area contributed by atoms with E-state index in [-0.39, 0.29) is 11.9 Å². The first-order valence-corrected chi connectivity index (χ1v) is 7.51. The first-order valence-electron chi connectivity index (χ1n) is 7.51. The van der Waals surface area contributed by atoms with E-state index in [1.807, 2.05) is 31.1 Å². The van der Waals surface area contributed by atoms with Gasteiger partial charge in [-0.25, -0.2) is 9.78 Å². The van der Waals surface area contributed by atoms with Gasteiger partial charge >= 0.3 is 6.03 Å². The summed E-state index contributed by atoms with van der Waals surface area (Å²) < 4.78 is 0. The number of carbonyl (C=O) groups is 2. The Balaban J connectivity index is 1.89. The van der Waals surface area contributed by atoms with Crippen LogP contribution in [0.3, 0.4) is 0 Å². The summed E-state index contributed by atoms with van der Waals surface area (Å²) in [4.78, 5) is 30.0. The summed E-state index contributed by atoms with van der Waals surface area (Å²) in [5.41, 5.74) is 0.924. The fraction of sp³-hybridized carbons (Fsp3) is 0.533. The molecule has 1 aliphatic rings. The Morgan fingerprint density at radius 3 is 3.05 bits per heavy atom. The molecule has 2 rings (SSSR count). The quantitative estimate of drug-likeness (QED) is 0.761. The molecule has 1 saturated heterocycles. The molecule has 2 heterocycles. The molecule has 0 bridgehead atoms. The van der Waals surface area contributed by atoms with E-state index >= 15 is 0 Å². The lowest BCUT2D eigenvalue weighted by molar-refractivity contribution is -0.122. The summed E-state index contributed by atoms with van der Waals surface area (Å²) in [5.74, 6) is 0.706. The third-order valence-electron chi connectivity index (χ3n) is 3.57. The van der Waals surface area contributed by atoms with Crippen molar-refractivity contribution in [1.82, 2.24) is 20.9 Å². The van der Waals surface area contributed by atoms with Crippen molar-refractivity contribution in [2.75, 3.05) is 25.5 Å². The van der Waals surface area contributed by atoms with Crippen LogP contribution in [-0.2, 0) is 11.3 Å². The molecule has 1 aromatic heterocycles. The minimum atomic E-state index is -0.454. The van der Waals surface area contributed by atoms with Crippen molar-refractivity contribution in [2.45, 2.75) is 31.8 Å². The number of hydrogen-bond donors (Lipinski definition) is 3. The molecule has 0 radical (unpaired) electrons. The third kappa shape index (κ3) is 4.34. The minimum absolute atomic E-state index is 0.108. The molecule has 1 aromatic rings. The predicted molar refractivity (Wildman–Crippen MR) is 84.6 cm³/mol. The monoisotopic (exact) mass is 305 g/mol. The Hall–Kier alpha value is -2.31. The topological polar surface area (TPSA) is 86.4 Å². The zero-order chi connectivity index (χ0) is 15.9. The van der Waals surface area contributed by atoms with Gasteiger partial charge in [0.15, 0.2) is 0 Å². The highest BCUT2D eigenvalue weighted by Crippen LogP contribution is 2.13. The van der Waals surface area contributed by atoms with Crippen LogP contribution < -0.4 is 20.9 Å². The number of aromatic nitrogens is 1. The van der Waals surface area contributed by atoms with Crippen molar-refractivity contribution in [3.8, 4) is 0 Å². The van der Waals surface area contributed by atoms with Crippen molar-refractivity contribution in [3.63, 3.8) is 0 Å². The molecule has 22 heavy (non-hydrogen) atoms. The molecule has 0 saturated carbocycles. The van der Waals surface area contributed by atoms with Crippen LogP contribution in [0.1, 0.15) is 24.8 Å². The summed E-state index contributed by atoms with van der Waals surface area (Å²) in [5, 5.41) is 8.32. The summed E-state index contributed by atoms with van der Waals surface area (Å²) in [6.45, 7) is 1.04. The fourth-order valence-electron chi connectivity index (χ4n) is 2.43. The van der Waals surface area contributed by atoms with Crippen molar-refractivity contribution in [3.05, 3.63) is 23.9 Å². The van der Waals surface area contributed by atoms with Crippen LogP contribution in [0, 0.1) is 0 Å². The fourth-order valence-corrected chi connectivity index (χ4v) is 2.43. The van der Waals surface area contributed by atoms with Crippen molar-refractivity contribution >= 4 is 17.8 Å². The molecule has 0 spiro atoms. The van der Waals surface area contributed by atoms with Crippen LogP contribution in [-0.4, -0.2) is 43.6 Å². The van der Waals surface area contributed by atoms with Gasteiger partial charge in [-0.15, -0.1) is 0 Å². The summed E-state index contributed by atoms with van der Waals surface area (Å²) in [6.07, 6.45) is 4.27. The van der Waals surface area contributed by atoms with Gasteiger partial charge in [-0.1, -0.05) is 6.07 Å². The van der Waals surface area contributed by atoms with Gasteiger partial charge in [0.05, 0.1) is 0 Å². The number of hydrogen-bond acceptors (Lipinski definition) is 4. The van der Waals surface area contributed by atoms with E-state index in [1.165, 1.54) is 0 Å². The number of nitrogens with one attached hydrogen (secondary N) is 3. The SMILES string of the molecule is CN(C)c1ncccc1CNC(=O)N[C@H]1CCCCNC1=O. The first-order chi connectivity index (χ1) is 10.6. The summed E-state index contributed by atoms with van der Waals surface area (Å²) in [7, 11) is 3.81. The highest BCUT2D eigenvalue weighted by Gasteiger charge is 2.22. The normalized spacial score (nSPS) is 18.1. The van der Waals surface area contributed by atoms with Gasteiger partial charge in [0.25, 0.3) is 0 Å². The highest BCUT2D eigenvalue weighted by molar-refractivity contribution is 5.87. The lowest BCUT2D eigenvalue weighted by Gasteiger charge is -2.18.